The van der Waals surface area contributed by atoms with Crippen LogP contribution in [0.2, 0.25) is 0 Å². The normalized spacial score (nSPS) is 14.1. The molecule has 0 aliphatic heterocycles. The van der Waals surface area contributed by atoms with Gasteiger partial charge >= 0.3 is 11.9 Å². The number of aliphatic carboxylic acids is 1. The Balaban J connectivity index is 4.53. The number of hydrogen-bond acceptors (Lipinski definition) is 7. The molecule has 336 valence electrons. The highest BCUT2D eigenvalue weighted by Crippen LogP contribution is 2.10. The van der Waals surface area contributed by atoms with Crippen LogP contribution in [-0.2, 0) is 28.6 Å². The lowest BCUT2D eigenvalue weighted by atomic mass is 10.1. The maximum atomic E-state index is 12.7. The summed E-state index contributed by atoms with van der Waals surface area (Å²) in [6, 6.07) is -0.749. The van der Waals surface area contributed by atoms with E-state index in [9.17, 15) is 19.5 Å². The molecule has 8 heteroatoms. The van der Waals surface area contributed by atoms with Gasteiger partial charge in [-0.2, -0.15) is 0 Å². The van der Waals surface area contributed by atoms with Crippen molar-refractivity contribution < 1.29 is 38.2 Å². The molecule has 0 spiro atoms. The molecule has 8 nitrogen and oxygen atoms in total. The van der Waals surface area contributed by atoms with E-state index in [1.165, 1.54) is 0 Å². The van der Waals surface area contributed by atoms with E-state index in [0.717, 1.165) is 96.3 Å². The van der Waals surface area contributed by atoms with Crippen molar-refractivity contribution in [3.8, 4) is 0 Å². The lowest BCUT2D eigenvalue weighted by Crippen LogP contribution is -2.55. The van der Waals surface area contributed by atoms with Gasteiger partial charge in [0.1, 0.15) is 12.6 Å². The van der Waals surface area contributed by atoms with Crippen LogP contribution in [0.3, 0.4) is 0 Å². The number of carboxylic acids is 1. The van der Waals surface area contributed by atoms with Gasteiger partial charge in [-0.25, -0.2) is 0 Å². The van der Waals surface area contributed by atoms with Crippen LogP contribution < -0.4 is 5.11 Å². The fourth-order valence-corrected chi connectivity index (χ4v) is 5.66. The van der Waals surface area contributed by atoms with Gasteiger partial charge in [-0.3, -0.25) is 9.59 Å². The third kappa shape index (κ3) is 39.2. The molecule has 0 fully saturated rings. The summed E-state index contributed by atoms with van der Waals surface area (Å²) in [6.45, 7) is 4.30. The fraction of sp³-hybridized carbons (Fsp3) is 0.558. The van der Waals surface area contributed by atoms with E-state index in [0.29, 0.717) is 12.8 Å². The smallest absolute Gasteiger partial charge is 0.306 e. The molecule has 2 unspecified atom stereocenters. The summed E-state index contributed by atoms with van der Waals surface area (Å²) < 4.78 is 17.1. The van der Waals surface area contributed by atoms with Crippen molar-refractivity contribution in [2.75, 3.05) is 41.0 Å². The molecule has 0 aliphatic rings. The van der Waals surface area contributed by atoms with Crippen molar-refractivity contribution >= 4 is 17.9 Å². The van der Waals surface area contributed by atoms with Gasteiger partial charge in [-0.15, -0.1) is 0 Å². The first-order valence-corrected chi connectivity index (χ1v) is 22.6. The molecule has 0 heterocycles. The summed E-state index contributed by atoms with van der Waals surface area (Å²) in [7, 11) is 5.36. The second-order valence-corrected chi connectivity index (χ2v) is 15.5. The Labute approximate surface area is 365 Å². The number of quaternary nitrogens is 1. The molecule has 0 saturated carbocycles. The van der Waals surface area contributed by atoms with Crippen LogP contribution in [-0.4, -0.2) is 75.5 Å². The van der Waals surface area contributed by atoms with E-state index < -0.39 is 18.1 Å². The zero-order valence-corrected chi connectivity index (χ0v) is 38.1. The highest BCUT2D eigenvalue weighted by atomic mass is 16.6. The molecule has 0 aliphatic carbocycles. The first kappa shape index (κ1) is 55.7. The SMILES string of the molecule is CC/C=C/C/C=C/C/C=C/C/C=C/C/C=C/C/C=C/CCCC(=O)OC(COCCC(C(=O)[O-])[N+](C)(C)C)COC(=O)CCCCC/C=C/C/C=C/C/C=C/C/C=C/CC. The van der Waals surface area contributed by atoms with Crippen LogP contribution in [0.15, 0.2) is 122 Å². The van der Waals surface area contributed by atoms with Crippen molar-refractivity contribution in [3.05, 3.63) is 122 Å². The molecule has 2 atom stereocenters. The number of rotatable bonds is 38. The van der Waals surface area contributed by atoms with Crippen LogP contribution in [0.1, 0.15) is 136 Å². The predicted molar refractivity (Wildman–Crippen MR) is 249 cm³/mol. The summed E-state index contributed by atoms with van der Waals surface area (Å²) in [5, 5.41) is 11.6. The zero-order valence-electron chi connectivity index (χ0n) is 38.1. The highest BCUT2D eigenvalue weighted by Gasteiger charge is 2.25. The third-order valence-corrected chi connectivity index (χ3v) is 9.09. The second kappa shape index (κ2) is 41.5. The Morgan fingerprint density at radius 3 is 1.32 bits per heavy atom. The average Bonchev–Trinajstić information content (AvgIpc) is 3.21. The number of likely N-dealkylation sites (N-methyl/N-ethyl adjacent to an activating group) is 1. The van der Waals surface area contributed by atoms with Gasteiger partial charge in [0.25, 0.3) is 0 Å². The van der Waals surface area contributed by atoms with Gasteiger partial charge in [-0.05, 0) is 96.3 Å². The molecule has 0 rings (SSSR count). The number of nitrogens with zero attached hydrogens (tertiary/aromatic N) is 1. The first-order valence-electron chi connectivity index (χ1n) is 22.6. The number of carboxylic acid groups (broad SMARTS) is 1. The van der Waals surface area contributed by atoms with Gasteiger partial charge in [-0.1, -0.05) is 142 Å². The Kier molecular flexibility index (Phi) is 38.5. The minimum atomic E-state index is -1.15. The number of carbonyl (C=O) groups excluding carboxylic acids is 3. The van der Waals surface area contributed by atoms with E-state index in [1.54, 1.807) is 21.1 Å². The van der Waals surface area contributed by atoms with Gasteiger partial charge in [0.05, 0.1) is 40.3 Å². The van der Waals surface area contributed by atoms with Gasteiger partial charge < -0.3 is 28.6 Å². The molecule has 0 N–H and O–H groups in total. The number of allylic oxidation sites excluding steroid dienone is 20. The van der Waals surface area contributed by atoms with Crippen LogP contribution in [0, 0.1) is 0 Å². The monoisotopic (exact) mass is 832 g/mol. The van der Waals surface area contributed by atoms with Gasteiger partial charge in [0.2, 0.25) is 0 Å². The van der Waals surface area contributed by atoms with Crippen molar-refractivity contribution in [1.82, 2.24) is 0 Å². The molecule has 0 aromatic rings. The zero-order chi connectivity index (χ0) is 44.2. The summed E-state index contributed by atoms with van der Waals surface area (Å²) >= 11 is 0. The van der Waals surface area contributed by atoms with Crippen LogP contribution >= 0.6 is 0 Å². The van der Waals surface area contributed by atoms with E-state index in [4.69, 9.17) is 14.2 Å². The van der Waals surface area contributed by atoms with Gasteiger partial charge in [0, 0.05) is 19.3 Å². The lowest BCUT2D eigenvalue weighted by Gasteiger charge is -2.34. The Morgan fingerprint density at radius 1 is 0.500 bits per heavy atom. The largest absolute Gasteiger partial charge is 0.544 e. The summed E-state index contributed by atoms with van der Waals surface area (Å²) in [5.41, 5.74) is 0. The fourth-order valence-electron chi connectivity index (χ4n) is 5.66. The van der Waals surface area contributed by atoms with Crippen LogP contribution in [0.25, 0.3) is 0 Å². The number of carbonyl (C=O) groups is 3. The maximum absolute atomic E-state index is 12.7. The van der Waals surface area contributed by atoms with Crippen LogP contribution in [0.5, 0.6) is 0 Å². The minimum absolute atomic E-state index is 0.00203. The van der Waals surface area contributed by atoms with E-state index in [-0.39, 0.29) is 49.1 Å². The Hall–Kier alpha value is -4.27. The van der Waals surface area contributed by atoms with Crippen molar-refractivity contribution in [3.63, 3.8) is 0 Å². The molecular weight excluding hydrogens is 751 g/mol. The number of hydrogen-bond donors (Lipinski definition) is 0. The standard InChI is InChI=1S/C52H81NO7/c1-6-8-10-12-14-16-18-20-22-24-25-26-27-29-31-33-35-37-39-41-43-51(55)60-48(46-58-45-44-49(52(56)57)53(3,4)5)47-59-50(54)42-40-38-36-34-32-30-28-23-21-19-17-15-13-11-9-7-2/h8-11,14-17,20-23,25-26,29-32,35,37,48-49H,6-7,12-13,18-19,24,27-28,33-34,36,38-47H2,1-5H3/b10-8+,11-9+,16-14+,17-15+,22-20+,23-21+,26-25+,31-29+,32-30+,37-35+. The topological polar surface area (TPSA) is 102 Å². The predicted octanol–water partition coefficient (Wildman–Crippen LogP) is 11.3. The number of esters is 2. The molecule has 0 aromatic carbocycles. The highest BCUT2D eigenvalue weighted by molar-refractivity contribution is 5.70. The van der Waals surface area contributed by atoms with Crippen molar-refractivity contribution in [2.24, 2.45) is 0 Å². The summed E-state index contributed by atoms with van der Waals surface area (Å²) in [4.78, 5) is 36.9. The van der Waals surface area contributed by atoms with E-state index >= 15 is 0 Å². The first-order chi connectivity index (χ1) is 29.1. The number of unbranched alkanes of at least 4 members (excludes halogenated alkanes) is 4. The Morgan fingerprint density at radius 2 is 0.900 bits per heavy atom. The quantitative estimate of drug-likeness (QED) is 0.0264. The molecule has 0 aromatic heterocycles. The second-order valence-electron chi connectivity index (χ2n) is 15.5. The summed E-state index contributed by atoms with van der Waals surface area (Å²) in [6.07, 6.45) is 58.0. The van der Waals surface area contributed by atoms with Crippen LogP contribution in [0.4, 0.5) is 0 Å². The summed E-state index contributed by atoms with van der Waals surface area (Å²) in [5.74, 6) is -1.87. The molecule has 0 amide bonds. The number of ether oxygens (including phenoxy) is 3. The van der Waals surface area contributed by atoms with Crippen molar-refractivity contribution in [2.45, 2.75) is 148 Å². The molecule has 0 radical (unpaired) electrons. The maximum Gasteiger partial charge on any atom is 0.306 e. The van der Waals surface area contributed by atoms with E-state index in [1.807, 2.05) is 0 Å². The van der Waals surface area contributed by atoms with Gasteiger partial charge in [0.15, 0.2) is 6.10 Å². The Bertz CT molecular complexity index is 1390. The molecular formula is C52H81NO7. The minimum Gasteiger partial charge on any atom is -0.544 e. The van der Waals surface area contributed by atoms with Crippen molar-refractivity contribution in [1.29, 1.82) is 0 Å². The molecule has 0 bridgehead atoms. The average molecular weight is 832 g/mol. The lowest BCUT2D eigenvalue weighted by molar-refractivity contribution is -0.889. The molecule has 0 saturated heterocycles. The van der Waals surface area contributed by atoms with E-state index in [2.05, 4.69) is 135 Å². The third-order valence-electron chi connectivity index (χ3n) is 9.09. The molecule has 60 heavy (non-hydrogen) atoms.